The highest BCUT2D eigenvalue weighted by Crippen LogP contribution is 2.15. The fourth-order valence-corrected chi connectivity index (χ4v) is 3.87. The van der Waals surface area contributed by atoms with Gasteiger partial charge in [-0.1, -0.05) is 0 Å². The molecule has 0 aliphatic carbocycles. The molecule has 0 spiro atoms. The van der Waals surface area contributed by atoms with Crippen LogP contribution in [0, 0.1) is 0 Å². The van der Waals surface area contributed by atoms with Gasteiger partial charge in [0.05, 0.1) is 38.3 Å². The number of ether oxygens (including phenoxy) is 1. The van der Waals surface area contributed by atoms with Crippen LogP contribution in [-0.2, 0) is 19.0 Å². The predicted octanol–water partition coefficient (Wildman–Crippen LogP) is -1.72. The zero-order valence-corrected chi connectivity index (χ0v) is 13.8. The molecule has 2 aliphatic heterocycles. The molecule has 1 unspecified atom stereocenters. The number of nitrogens with one attached hydrogen (secondary N) is 1. The van der Waals surface area contributed by atoms with E-state index < -0.39 is 10.1 Å². The smallest absolute Gasteiger partial charge is 0.267 e. The number of rotatable bonds is 8. The highest BCUT2D eigenvalue weighted by molar-refractivity contribution is 7.86. The van der Waals surface area contributed by atoms with Crippen LogP contribution in [-0.4, -0.2) is 101 Å². The van der Waals surface area contributed by atoms with Crippen molar-refractivity contribution in [1.29, 1.82) is 0 Å². The summed E-state index contributed by atoms with van der Waals surface area (Å²) in [6.07, 6.45) is 0.604. The summed E-state index contributed by atoms with van der Waals surface area (Å²) in [5.41, 5.74) is 0. The lowest BCUT2D eigenvalue weighted by atomic mass is 10.2. The summed E-state index contributed by atoms with van der Waals surface area (Å²) >= 11 is 0. The van der Waals surface area contributed by atoms with Gasteiger partial charge in [0.25, 0.3) is 10.1 Å². The molecule has 2 heterocycles. The van der Waals surface area contributed by atoms with Crippen molar-refractivity contribution in [2.75, 3.05) is 71.4 Å². The monoisotopic (exact) mass is 337 g/mol. The minimum atomic E-state index is -3.58. The van der Waals surface area contributed by atoms with Gasteiger partial charge >= 0.3 is 0 Å². The maximum absolute atomic E-state index is 11.9. The Hall–Kier alpha value is -0.290. The van der Waals surface area contributed by atoms with Crippen LogP contribution in [0.3, 0.4) is 0 Å². The quantitative estimate of drug-likeness (QED) is 0.506. The lowest BCUT2D eigenvalue weighted by Crippen LogP contribution is -2.57. The van der Waals surface area contributed by atoms with E-state index in [1.165, 1.54) is 0 Å². The van der Waals surface area contributed by atoms with Gasteiger partial charge in [0.15, 0.2) is 0 Å². The van der Waals surface area contributed by atoms with Crippen LogP contribution in [0.1, 0.15) is 6.42 Å². The second-order valence-corrected chi connectivity index (χ2v) is 7.27. The number of nitrogens with zero attached hydrogens (tertiary/aromatic N) is 2. The van der Waals surface area contributed by atoms with Gasteiger partial charge in [-0.05, 0) is 6.42 Å². The Labute approximate surface area is 132 Å². The van der Waals surface area contributed by atoms with E-state index in [0.717, 1.165) is 39.3 Å². The number of hydrogen-bond donors (Lipinski definition) is 2. The third-order valence-electron chi connectivity index (χ3n) is 4.02. The van der Waals surface area contributed by atoms with Gasteiger partial charge in [-0.3, -0.25) is 14.0 Å². The highest BCUT2D eigenvalue weighted by atomic mass is 32.2. The third-order valence-corrected chi connectivity index (χ3v) is 5.28. The van der Waals surface area contributed by atoms with Crippen molar-refractivity contribution in [1.82, 2.24) is 15.1 Å². The van der Waals surface area contributed by atoms with Crippen molar-refractivity contribution in [2.45, 2.75) is 12.6 Å². The third kappa shape index (κ3) is 5.73. The van der Waals surface area contributed by atoms with E-state index in [1.807, 2.05) is 0 Å². The maximum atomic E-state index is 11.9. The number of morpholine rings is 1. The van der Waals surface area contributed by atoms with E-state index in [1.54, 1.807) is 0 Å². The minimum Gasteiger partial charge on any atom is -0.394 e. The van der Waals surface area contributed by atoms with Crippen LogP contribution >= 0.6 is 0 Å². The Kier molecular flexibility index (Phi) is 7.48. The number of piperazine rings is 1. The first kappa shape index (κ1) is 18.1. The van der Waals surface area contributed by atoms with E-state index in [4.69, 9.17) is 14.0 Å². The zero-order valence-electron chi connectivity index (χ0n) is 12.9. The molecular weight excluding hydrogens is 310 g/mol. The van der Waals surface area contributed by atoms with Crippen molar-refractivity contribution in [2.24, 2.45) is 0 Å². The van der Waals surface area contributed by atoms with Gasteiger partial charge < -0.3 is 15.2 Å². The topological polar surface area (TPSA) is 91.3 Å². The first-order chi connectivity index (χ1) is 10.6. The molecule has 130 valence electrons. The minimum absolute atomic E-state index is 0.0288. The second kappa shape index (κ2) is 9.11. The zero-order chi connectivity index (χ0) is 15.8. The summed E-state index contributed by atoms with van der Waals surface area (Å²) < 4.78 is 33.8. The fraction of sp³-hybridized carbons (Fsp3) is 1.00. The van der Waals surface area contributed by atoms with Crippen LogP contribution < -0.4 is 5.32 Å². The molecule has 1 atom stereocenters. The van der Waals surface area contributed by atoms with Gasteiger partial charge in [0.2, 0.25) is 0 Å². The van der Waals surface area contributed by atoms with E-state index in [2.05, 4.69) is 15.1 Å². The maximum Gasteiger partial charge on any atom is 0.267 e. The van der Waals surface area contributed by atoms with Crippen molar-refractivity contribution in [3.05, 3.63) is 0 Å². The number of aliphatic hydroxyl groups excluding tert-OH is 1. The van der Waals surface area contributed by atoms with Gasteiger partial charge in [-0.25, -0.2) is 0 Å². The van der Waals surface area contributed by atoms with Crippen LogP contribution in [0.2, 0.25) is 0 Å². The number of aliphatic hydroxyl groups is 1. The summed E-state index contributed by atoms with van der Waals surface area (Å²) in [4.78, 5) is 4.64. The average Bonchev–Trinajstić information content (AvgIpc) is 2.55. The molecule has 0 amide bonds. The van der Waals surface area contributed by atoms with Crippen LogP contribution in [0.4, 0.5) is 0 Å². The van der Waals surface area contributed by atoms with Gasteiger partial charge in [0.1, 0.15) is 0 Å². The van der Waals surface area contributed by atoms with Crippen LogP contribution in [0.25, 0.3) is 0 Å². The molecule has 0 aromatic carbocycles. The molecule has 0 aromatic heterocycles. The molecule has 9 heteroatoms. The molecular formula is C13H27N3O5S. The average molecular weight is 337 g/mol. The lowest BCUT2D eigenvalue weighted by Gasteiger charge is -2.43. The predicted molar refractivity (Wildman–Crippen MR) is 82.1 cm³/mol. The highest BCUT2D eigenvalue weighted by Gasteiger charge is 2.29. The largest absolute Gasteiger partial charge is 0.394 e. The standard InChI is InChI=1S/C13H27N3O5S/c17-8-11-21-22(18,19)12-1-13(15-4-2-14-3-5-15)16-6-9-20-10-7-16/h13-14,17H,1-12H2. The molecule has 2 rings (SSSR count). The Morgan fingerprint density at radius 3 is 2.41 bits per heavy atom. The fourth-order valence-electron chi connectivity index (χ4n) is 2.92. The van der Waals surface area contributed by atoms with Crippen molar-refractivity contribution >= 4 is 10.1 Å². The molecule has 2 aliphatic rings. The first-order valence-electron chi connectivity index (χ1n) is 7.87. The SMILES string of the molecule is O=S(=O)(CCC(N1CCNCC1)N1CCOCC1)OCCO. The molecule has 0 bridgehead atoms. The van der Waals surface area contributed by atoms with E-state index >= 15 is 0 Å². The molecule has 8 nitrogen and oxygen atoms in total. The Morgan fingerprint density at radius 1 is 1.14 bits per heavy atom. The van der Waals surface area contributed by atoms with Crippen molar-refractivity contribution in [3.8, 4) is 0 Å². The summed E-state index contributed by atoms with van der Waals surface area (Å²) in [6.45, 7) is 6.26. The first-order valence-corrected chi connectivity index (χ1v) is 9.44. The summed E-state index contributed by atoms with van der Waals surface area (Å²) in [5.74, 6) is -0.0288. The molecule has 0 radical (unpaired) electrons. The normalized spacial score (nSPS) is 23.5. The Bertz CT molecular complexity index is 390. The molecule has 2 N–H and O–H groups in total. The van der Waals surface area contributed by atoms with Crippen LogP contribution in [0.5, 0.6) is 0 Å². The summed E-state index contributed by atoms with van der Waals surface area (Å²) in [7, 11) is -3.58. The van der Waals surface area contributed by atoms with Crippen LogP contribution in [0.15, 0.2) is 0 Å². The van der Waals surface area contributed by atoms with E-state index in [-0.39, 0.29) is 25.1 Å². The Balaban J connectivity index is 1.94. The van der Waals surface area contributed by atoms with Gasteiger partial charge in [0, 0.05) is 39.3 Å². The lowest BCUT2D eigenvalue weighted by molar-refractivity contribution is -0.0378. The molecule has 0 saturated carbocycles. The summed E-state index contributed by atoms with van der Waals surface area (Å²) in [6, 6.07) is 0. The molecule has 2 fully saturated rings. The van der Waals surface area contributed by atoms with E-state index in [9.17, 15) is 8.42 Å². The van der Waals surface area contributed by atoms with Gasteiger partial charge in [-0.15, -0.1) is 0 Å². The summed E-state index contributed by atoms with van der Waals surface area (Å²) in [5, 5.41) is 12.0. The molecule has 2 saturated heterocycles. The Morgan fingerprint density at radius 2 is 1.77 bits per heavy atom. The van der Waals surface area contributed by atoms with Crippen molar-refractivity contribution in [3.63, 3.8) is 0 Å². The molecule has 0 aromatic rings. The molecule has 22 heavy (non-hydrogen) atoms. The number of hydrogen-bond acceptors (Lipinski definition) is 8. The second-order valence-electron chi connectivity index (χ2n) is 5.51. The van der Waals surface area contributed by atoms with E-state index in [0.29, 0.717) is 19.6 Å². The van der Waals surface area contributed by atoms with Gasteiger partial charge in [-0.2, -0.15) is 8.42 Å². The van der Waals surface area contributed by atoms with Crippen molar-refractivity contribution < 1.29 is 22.4 Å².